The van der Waals surface area contributed by atoms with Gasteiger partial charge in [-0.15, -0.1) is 0 Å². The van der Waals surface area contributed by atoms with Crippen molar-refractivity contribution in [2.45, 2.75) is 26.1 Å². The average Bonchev–Trinajstić information content (AvgIpc) is 2.37. The Labute approximate surface area is 122 Å². The van der Waals surface area contributed by atoms with Crippen LogP contribution in [0.3, 0.4) is 0 Å². The first-order valence-corrected chi connectivity index (χ1v) is 6.65. The lowest BCUT2D eigenvalue weighted by Gasteiger charge is -2.20. The van der Waals surface area contributed by atoms with Crippen LogP contribution < -0.4 is 11.1 Å². The molecule has 1 aromatic rings. The monoisotopic (exact) mass is 303 g/mol. The summed E-state index contributed by atoms with van der Waals surface area (Å²) in [6.45, 7) is 2.55. The van der Waals surface area contributed by atoms with Crippen LogP contribution in [-0.4, -0.2) is 30.9 Å². The maximum absolute atomic E-state index is 13.0. The van der Waals surface area contributed by atoms with Gasteiger partial charge >= 0.3 is 6.18 Å². The van der Waals surface area contributed by atoms with Gasteiger partial charge in [0.1, 0.15) is 0 Å². The smallest absolute Gasteiger partial charge is 0.399 e. The van der Waals surface area contributed by atoms with Crippen molar-refractivity contribution >= 4 is 11.6 Å². The Kier molecular flexibility index (Phi) is 6.02. The van der Waals surface area contributed by atoms with Gasteiger partial charge in [-0.2, -0.15) is 13.2 Å². The number of carbonyl (C=O) groups is 1. The predicted molar refractivity (Wildman–Crippen MR) is 75.5 cm³/mol. The molecule has 0 aromatic heterocycles. The molecule has 3 N–H and O–H groups in total. The number of rotatable bonds is 6. The number of likely N-dealkylation sites (N-methyl/N-ethyl adjacent to an activating group) is 1. The second kappa shape index (κ2) is 7.31. The Hall–Kier alpha value is -1.76. The fraction of sp³-hybridized carbons (Fsp3) is 0.500. The molecule has 0 fully saturated rings. The second-order valence-corrected chi connectivity index (χ2v) is 4.94. The number of anilines is 1. The summed E-state index contributed by atoms with van der Waals surface area (Å²) >= 11 is 0. The highest BCUT2D eigenvalue weighted by Crippen LogP contribution is 2.33. The van der Waals surface area contributed by atoms with Gasteiger partial charge in [-0.3, -0.25) is 9.69 Å². The third-order valence-electron chi connectivity index (χ3n) is 2.87. The molecule has 1 amide bonds. The number of hydrogen-bond donors (Lipinski definition) is 2. The number of benzene rings is 1. The highest BCUT2D eigenvalue weighted by molar-refractivity contribution is 5.77. The van der Waals surface area contributed by atoms with Crippen molar-refractivity contribution < 1.29 is 18.0 Å². The van der Waals surface area contributed by atoms with Crippen molar-refractivity contribution in [1.29, 1.82) is 0 Å². The van der Waals surface area contributed by atoms with Crippen LogP contribution in [0.1, 0.15) is 24.5 Å². The van der Waals surface area contributed by atoms with Crippen LogP contribution in [0.15, 0.2) is 18.2 Å². The zero-order valence-corrected chi connectivity index (χ0v) is 12.1. The molecule has 0 saturated heterocycles. The number of nitrogen functional groups attached to an aromatic ring is 1. The Morgan fingerprint density at radius 3 is 2.62 bits per heavy atom. The Bertz CT molecular complexity index is 489. The van der Waals surface area contributed by atoms with Crippen molar-refractivity contribution in [3.63, 3.8) is 0 Å². The van der Waals surface area contributed by atoms with Gasteiger partial charge in [0.2, 0.25) is 5.91 Å². The highest BCUT2D eigenvalue weighted by Gasteiger charge is 2.33. The molecule has 21 heavy (non-hydrogen) atoms. The van der Waals surface area contributed by atoms with E-state index in [-0.39, 0.29) is 30.2 Å². The Morgan fingerprint density at radius 2 is 2.05 bits per heavy atom. The van der Waals surface area contributed by atoms with E-state index in [0.29, 0.717) is 6.54 Å². The summed E-state index contributed by atoms with van der Waals surface area (Å²) in [7, 11) is 1.60. The average molecular weight is 303 g/mol. The van der Waals surface area contributed by atoms with Gasteiger partial charge < -0.3 is 11.1 Å². The lowest BCUT2D eigenvalue weighted by Crippen LogP contribution is -2.35. The van der Waals surface area contributed by atoms with Crippen molar-refractivity contribution in [3.8, 4) is 0 Å². The number of carbonyl (C=O) groups excluding carboxylic acids is 1. The molecule has 0 bridgehead atoms. The lowest BCUT2D eigenvalue weighted by atomic mass is 10.1. The normalized spacial score (nSPS) is 11.7. The van der Waals surface area contributed by atoms with E-state index in [1.165, 1.54) is 17.0 Å². The Balaban J connectivity index is 2.76. The summed E-state index contributed by atoms with van der Waals surface area (Å²) in [5.74, 6) is -0.205. The number of amides is 1. The van der Waals surface area contributed by atoms with Gasteiger partial charge in [0.15, 0.2) is 0 Å². The van der Waals surface area contributed by atoms with Crippen molar-refractivity contribution in [3.05, 3.63) is 29.3 Å². The van der Waals surface area contributed by atoms with Crippen LogP contribution in [0.2, 0.25) is 0 Å². The quantitative estimate of drug-likeness (QED) is 0.793. The molecule has 1 rings (SSSR count). The van der Waals surface area contributed by atoms with Crippen LogP contribution in [0.5, 0.6) is 0 Å². The number of nitrogens with zero attached hydrogens (tertiary/aromatic N) is 1. The molecule has 0 saturated carbocycles. The molecule has 0 radical (unpaired) electrons. The fourth-order valence-electron chi connectivity index (χ4n) is 1.91. The summed E-state index contributed by atoms with van der Waals surface area (Å²) in [5.41, 5.74) is 4.82. The van der Waals surface area contributed by atoms with Crippen molar-refractivity contribution in [1.82, 2.24) is 10.2 Å². The first kappa shape index (κ1) is 17.3. The molecule has 0 atom stereocenters. The fourth-order valence-corrected chi connectivity index (χ4v) is 1.91. The van der Waals surface area contributed by atoms with Crippen LogP contribution in [0, 0.1) is 0 Å². The minimum atomic E-state index is -4.46. The number of alkyl halides is 3. The summed E-state index contributed by atoms with van der Waals surface area (Å²) in [5, 5.41) is 2.68. The van der Waals surface area contributed by atoms with Crippen LogP contribution in [-0.2, 0) is 17.5 Å². The molecule has 7 heteroatoms. The van der Waals surface area contributed by atoms with Crippen molar-refractivity contribution in [2.75, 3.05) is 25.9 Å². The van der Waals surface area contributed by atoms with E-state index in [9.17, 15) is 18.0 Å². The van der Waals surface area contributed by atoms with Crippen LogP contribution in [0.25, 0.3) is 0 Å². The van der Waals surface area contributed by atoms with Gasteiger partial charge in [-0.1, -0.05) is 13.0 Å². The van der Waals surface area contributed by atoms with Gasteiger partial charge in [0.05, 0.1) is 12.1 Å². The van der Waals surface area contributed by atoms with Crippen LogP contribution >= 0.6 is 0 Å². The minimum absolute atomic E-state index is 0.0225. The Morgan fingerprint density at radius 1 is 1.38 bits per heavy atom. The zero-order chi connectivity index (χ0) is 16.0. The summed E-state index contributed by atoms with van der Waals surface area (Å²) in [4.78, 5) is 13.1. The summed E-state index contributed by atoms with van der Waals surface area (Å²) in [6, 6.07) is 3.69. The number of nitrogens with one attached hydrogen (secondary N) is 1. The van der Waals surface area contributed by atoms with Gasteiger partial charge in [-0.25, -0.2) is 0 Å². The first-order valence-electron chi connectivity index (χ1n) is 6.65. The number of halogens is 3. The first-order chi connectivity index (χ1) is 9.74. The zero-order valence-electron chi connectivity index (χ0n) is 12.1. The van der Waals surface area contributed by atoms with Gasteiger partial charge in [0.25, 0.3) is 0 Å². The molecule has 0 unspecified atom stereocenters. The standard InChI is InChI=1S/C14H20F3N3O/c1-3-6-19-13(21)9-20(2)8-10-4-5-11(18)7-12(10)14(15,16)17/h4-5,7H,3,6,8-9,18H2,1-2H3,(H,19,21). The molecule has 118 valence electrons. The molecule has 4 nitrogen and oxygen atoms in total. The molecule has 0 aliphatic carbocycles. The maximum atomic E-state index is 13.0. The van der Waals surface area contributed by atoms with Gasteiger partial charge in [0, 0.05) is 18.8 Å². The molecule has 0 aliphatic rings. The third kappa shape index (κ3) is 5.63. The summed E-state index contributed by atoms with van der Waals surface area (Å²) in [6.07, 6.45) is -3.65. The van der Waals surface area contributed by atoms with E-state index < -0.39 is 11.7 Å². The topological polar surface area (TPSA) is 58.4 Å². The molecule has 1 aromatic carbocycles. The van der Waals surface area contributed by atoms with E-state index in [1.54, 1.807) is 7.05 Å². The van der Waals surface area contributed by atoms with Crippen LogP contribution in [0.4, 0.5) is 18.9 Å². The summed E-state index contributed by atoms with van der Waals surface area (Å²) < 4.78 is 38.9. The SMILES string of the molecule is CCCNC(=O)CN(C)Cc1ccc(N)cc1C(F)(F)F. The molecular weight excluding hydrogens is 283 g/mol. The second-order valence-electron chi connectivity index (χ2n) is 4.94. The molecule has 0 spiro atoms. The highest BCUT2D eigenvalue weighted by atomic mass is 19.4. The third-order valence-corrected chi connectivity index (χ3v) is 2.87. The van der Waals surface area contributed by atoms with E-state index >= 15 is 0 Å². The lowest BCUT2D eigenvalue weighted by molar-refractivity contribution is -0.138. The number of nitrogens with two attached hydrogens (primary N) is 1. The van der Waals surface area contributed by atoms with E-state index in [4.69, 9.17) is 5.73 Å². The van der Waals surface area contributed by atoms with E-state index in [2.05, 4.69) is 5.32 Å². The predicted octanol–water partition coefficient (Wildman–Crippen LogP) is 2.25. The molecule has 0 aliphatic heterocycles. The minimum Gasteiger partial charge on any atom is -0.399 e. The van der Waals surface area contributed by atoms with Crippen molar-refractivity contribution in [2.24, 2.45) is 0 Å². The molecular formula is C14H20F3N3O. The van der Waals surface area contributed by atoms with E-state index in [1.807, 2.05) is 6.92 Å². The maximum Gasteiger partial charge on any atom is 0.416 e. The van der Waals surface area contributed by atoms with Gasteiger partial charge in [-0.05, 0) is 31.2 Å². The number of hydrogen-bond acceptors (Lipinski definition) is 3. The molecule has 0 heterocycles. The van der Waals surface area contributed by atoms with E-state index in [0.717, 1.165) is 12.5 Å². The largest absolute Gasteiger partial charge is 0.416 e.